The SMILES string of the molecule is CCCCOC(=O)CN1C(=O)S/C(=C/c2cc(Br)c(OCc3cccc(F)c3)c(OC)c2)C1=O. The van der Waals surface area contributed by atoms with Gasteiger partial charge in [-0.15, -0.1) is 0 Å². The van der Waals surface area contributed by atoms with E-state index < -0.39 is 23.7 Å². The van der Waals surface area contributed by atoms with Crippen LogP contribution in [0.25, 0.3) is 6.08 Å². The molecular weight excluding hydrogens is 529 g/mol. The molecule has 0 spiro atoms. The largest absolute Gasteiger partial charge is 0.493 e. The normalized spacial score (nSPS) is 14.6. The van der Waals surface area contributed by atoms with E-state index in [1.807, 2.05) is 6.92 Å². The van der Waals surface area contributed by atoms with E-state index in [1.54, 1.807) is 24.3 Å². The minimum Gasteiger partial charge on any atom is -0.493 e. The van der Waals surface area contributed by atoms with Crippen LogP contribution in [0.5, 0.6) is 11.5 Å². The molecule has 3 rings (SSSR count). The highest BCUT2D eigenvalue weighted by atomic mass is 79.9. The maximum Gasteiger partial charge on any atom is 0.326 e. The number of esters is 1. The fraction of sp³-hybridized carbons (Fsp3) is 0.292. The van der Waals surface area contributed by atoms with Gasteiger partial charge in [-0.1, -0.05) is 25.5 Å². The Kier molecular flexibility index (Phi) is 9.12. The summed E-state index contributed by atoms with van der Waals surface area (Å²) in [5.41, 5.74) is 1.23. The summed E-state index contributed by atoms with van der Waals surface area (Å²) in [5.74, 6) is -0.751. The number of imide groups is 1. The molecule has 7 nitrogen and oxygen atoms in total. The molecule has 34 heavy (non-hydrogen) atoms. The summed E-state index contributed by atoms with van der Waals surface area (Å²) in [7, 11) is 1.47. The van der Waals surface area contributed by atoms with Gasteiger partial charge < -0.3 is 14.2 Å². The van der Waals surface area contributed by atoms with E-state index in [1.165, 1.54) is 25.3 Å². The van der Waals surface area contributed by atoms with Crippen molar-refractivity contribution in [1.82, 2.24) is 4.90 Å². The third kappa shape index (κ3) is 6.60. The Balaban J connectivity index is 1.73. The number of ether oxygens (including phenoxy) is 3. The van der Waals surface area contributed by atoms with Gasteiger partial charge in [0.15, 0.2) is 11.5 Å². The van der Waals surface area contributed by atoms with Crippen LogP contribution in [-0.2, 0) is 20.9 Å². The first-order chi connectivity index (χ1) is 16.3. The third-order valence-corrected chi connectivity index (χ3v) is 6.24. The Morgan fingerprint density at radius 3 is 2.74 bits per heavy atom. The number of halogens is 2. The van der Waals surface area contributed by atoms with Gasteiger partial charge in [0, 0.05) is 0 Å². The molecule has 1 heterocycles. The van der Waals surface area contributed by atoms with Crippen LogP contribution >= 0.6 is 27.7 Å². The average molecular weight is 552 g/mol. The number of carbonyl (C=O) groups is 3. The van der Waals surface area contributed by atoms with Gasteiger partial charge in [-0.05, 0) is 75.6 Å². The predicted octanol–water partition coefficient (Wildman–Crippen LogP) is 5.56. The number of benzene rings is 2. The Labute approximate surface area is 209 Å². The third-order valence-electron chi connectivity index (χ3n) is 4.74. The Morgan fingerprint density at radius 1 is 1.24 bits per heavy atom. The van der Waals surface area contributed by atoms with Crippen LogP contribution in [0.1, 0.15) is 30.9 Å². The molecule has 0 radical (unpaired) electrons. The first kappa shape index (κ1) is 25.8. The molecule has 0 aromatic heterocycles. The zero-order chi connectivity index (χ0) is 24.7. The summed E-state index contributed by atoms with van der Waals surface area (Å²) in [6.45, 7) is 1.92. The standard InChI is InChI=1S/C24H23BrFNO6S/c1-3-4-8-32-21(28)13-27-23(29)20(34-24(27)30)12-16-10-18(25)22(19(11-16)31-2)33-14-15-6-5-7-17(26)9-15/h5-7,9-12H,3-4,8,13-14H2,1-2H3/b20-12+. The van der Waals surface area contributed by atoms with Crippen LogP contribution in [-0.4, -0.2) is 42.3 Å². The number of carbonyl (C=O) groups excluding carboxylic acids is 3. The highest BCUT2D eigenvalue weighted by Gasteiger charge is 2.36. The number of nitrogens with zero attached hydrogens (tertiary/aromatic N) is 1. The summed E-state index contributed by atoms with van der Waals surface area (Å²) >= 11 is 4.19. The minimum absolute atomic E-state index is 0.124. The van der Waals surface area contributed by atoms with Crippen molar-refractivity contribution >= 4 is 50.9 Å². The summed E-state index contributed by atoms with van der Waals surface area (Å²) in [5, 5.41) is -0.537. The summed E-state index contributed by atoms with van der Waals surface area (Å²) < 4.78 is 30.2. The van der Waals surface area contributed by atoms with Gasteiger partial charge in [-0.25, -0.2) is 4.39 Å². The fourth-order valence-corrected chi connectivity index (χ4v) is 4.45. The first-order valence-electron chi connectivity index (χ1n) is 10.5. The molecule has 0 aliphatic carbocycles. The van der Waals surface area contributed by atoms with Gasteiger partial charge >= 0.3 is 5.97 Å². The molecule has 10 heteroatoms. The van der Waals surface area contributed by atoms with Crippen molar-refractivity contribution in [3.8, 4) is 11.5 Å². The minimum atomic E-state index is -0.624. The van der Waals surface area contributed by atoms with E-state index in [4.69, 9.17) is 14.2 Å². The van der Waals surface area contributed by atoms with Crippen LogP contribution in [0.3, 0.4) is 0 Å². The van der Waals surface area contributed by atoms with Crippen molar-refractivity contribution in [3.63, 3.8) is 0 Å². The fourth-order valence-electron chi connectivity index (χ4n) is 3.04. The van der Waals surface area contributed by atoms with Crippen molar-refractivity contribution in [2.75, 3.05) is 20.3 Å². The zero-order valence-corrected chi connectivity index (χ0v) is 21.0. The molecule has 2 aromatic rings. The van der Waals surface area contributed by atoms with E-state index in [-0.39, 0.29) is 23.9 Å². The van der Waals surface area contributed by atoms with Crippen molar-refractivity contribution in [1.29, 1.82) is 0 Å². The van der Waals surface area contributed by atoms with E-state index in [2.05, 4.69) is 15.9 Å². The highest BCUT2D eigenvalue weighted by Crippen LogP contribution is 2.39. The van der Waals surface area contributed by atoms with Gasteiger partial charge in [0.2, 0.25) is 0 Å². The molecule has 0 saturated carbocycles. The maximum atomic E-state index is 13.4. The Hall–Kier alpha value is -2.85. The van der Waals surface area contributed by atoms with Crippen LogP contribution in [0.4, 0.5) is 9.18 Å². The van der Waals surface area contributed by atoms with Crippen LogP contribution in [0.15, 0.2) is 45.8 Å². The second-order valence-electron chi connectivity index (χ2n) is 7.29. The van der Waals surface area contributed by atoms with Gasteiger partial charge in [-0.3, -0.25) is 19.3 Å². The molecular formula is C24H23BrFNO6S. The topological polar surface area (TPSA) is 82.1 Å². The number of hydrogen-bond donors (Lipinski definition) is 0. The van der Waals surface area contributed by atoms with E-state index in [9.17, 15) is 18.8 Å². The molecule has 0 N–H and O–H groups in total. The lowest BCUT2D eigenvalue weighted by atomic mass is 10.1. The van der Waals surface area contributed by atoms with Crippen LogP contribution in [0, 0.1) is 5.82 Å². The lowest BCUT2D eigenvalue weighted by Crippen LogP contribution is -2.34. The average Bonchev–Trinajstić information content (AvgIpc) is 3.05. The molecule has 2 amide bonds. The molecule has 1 aliphatic heterocycles. The monoisotopic (exact) mass is 551 g/mol. The molecule has 1 saturated heterocycles. The van der Waals surface area contributed by atoms with E-state index >= 15 is 0 Å². The summed E-state index contributed by atoms with van der Waals surface area (Å²) in [6.07, 6.45) is 3.12. The van der Waals surface area contributed by atoms with Crippen molar-refractivity contribution in [3.05, 3.63) is 62.7 Å². The number of methoxy groups -OCH3 is 1. The predicted molar refractivity (Wildman–Crippen MR) is 130 cm³/mol. The van der Waals surface area contributed by atoms with Crippen LogP contribution < -0.4 is 9.47 Å². The van der Waals surface area contributed by atoms with Gasteiger partial charge in [-0.2, -0.15) is 0 Å². The second-order valence-corrected chi connectivity index (χ2v) is 9.14. The molecule has 0 bridgehead atoms. The number of unbranched alkanes of at least 4 members (excludes halogenated alkanes) is 1. The van der Waals surface area contributed by atoms with Gasteiger partial charge in [0.05, 0.1) is 23.1 Å². The van der Waals surface area contributed by atoms with Gasteiger partial charge in [0.1, 0.15) is 19.0 Å². The molecule has 0 atom stereocenters. The molecule has 2 aromatic carbocycles. The number of hydrogen-bond acceptors (Lipinski definition) is 7. The summed E-state index contributed by atoms with van der Waals surface area (Å²) in [4.78, 5) is 37.9. The Bertz CT molecular complexity index is 1120. The Morgan fingerprint density at radius 2 is 2.03 bits per heavy atom. The smallest absolute Gasteiger partial charge is 0.326 e. The second kappa shape index (κ2) is 12.0. The summed E-state index contributed by atoms with van der Waals surface area (Å²) in [6, 6.07) is 9.43. The zero-order valence-electron chi connectivity index (χ0n) is 18.6. The van der Waals surface area contributed by atoms with Crippen molar-refractivity contribution in [2.45, 2.75) is 26.4 Å². The van der Waals surface area contributed by atoms with Crippen LogP contribution in [0.2, 0.25) is 0 Å². The molecule has 180 valence electrons. The van der Waals surface area contributed by atoms with Crippen molar-refractivity contribution < 1.29 is 33.0 Å². The van der Waals surface area contributed by atoms with Crippen molar-refractivity contribution in [2.24, 2.45) is 0 Å². The van der Waals surface area contributed by atoms with E-state index in [0.29, 0.717) is 33.5 Å². The number of rotatable bonds is 10. The number of thioether (sulfide) groups is 1. The molecule has 1 fully saturated rings. The molecule has 0 unspecified atom stereocenters. The first-order valence-corrected chi connectivity index (χ1v) is 12.1. The highest BCUT2D eigenvalue weighted by molar-refractivity contribution is 9.10. The number of amides is 2. The lowest BCUT2D eigenvalue weighted by molar-refractivity contribution is -0.146. The van der Waals surface area contributed by atoms with E-state index in [0.717, 1.165) is 23.1 Å². The lowest BCUT2D eigenvalue weighted by Gasteiger charge is -2.14. The molecule has 1 aliphatic rings. The maximum absolute atomic E-state index is 13.4. The quantitative estimate of drug-likeness (QED) is 0.217. The van der Waals surface area contributed by atoms with Gasteiger partial charge in [0.25, 0.3) is 11.1 Å².